The number of likely N-dealkylation sites (tertiary alicyclic amines) is 1. The fourth-order valence-electron chi connectivity index (χ4n) is 3.06. The molecule has 0 aromatic carbocycles. The van der Waals surface area contributed by atoms with E-state index < -0.39 is 5.41 Å². The van der Waals surface area contributed by atoms with Crippen molar-refractivity contribution >= 4 is 30.7 Å². The SMILES string of the molecule is CCC(CC)(CN)C(=O)N1CCCC(c2ncn[nH]2)C1.Cl.Cl. The van der Waals surface area contributed by atoms with Crippen LogP contribution in [0.1, 0.15) is 51.3 Å². The first-order valence-corrected chi connectivity index (χ1v) is 7.51. The summed E-state index contributed by atoms with van der Waals surface area (Å²) in [6.07, 6.45) is 5.17. The maximum absolute atomic E-state index is 12.8. The molecule has 1 amide bonds. The van der Waals surface area contributed by atoms with Gasteiger partial charge in [-0.3, -0.25) is 9.89 Å². The fraction of sp³-hybridized carbons (Fsp3) is 0.786. The predicted octanol–water partition coefficient (Wildman–Crippen LogP) is 2.12. The number of hydrogen-bond acceptors (Lipinski definition) is 4. The van der Waals surface area contributed by atoms with Gasteiger partial charge in [0.2, 0.25) is 5.91 Å². The monoisotopic (exact) mass is 351 g/mol. The highest BCUT2D eigenvalue weighted by molar-refractivity contribution is 5.85. The molecule has 0 radical (unpaired) electrons. The van der Waals surface area contributed by atoms with Gasteiger partial charge in [0.25, 0.3) is 0 Å². The van der Waals surface area contributed by atoms with E-state index in [0.717, 1.165) is 44.6 Å². The molecule has 1 aromatic rings. The highest BCUT2D eigenvalue weighted by Gasteiger charge is 2.38. The van der Waals surface area contributed by atoms with Gasteiger partial charge in [0, 0.05) is 25.6 Å². The molecule has 1 unspecified atom stereocenters. The Bertz CT molecular complexity index is 428. The molecule has 2 rings (SSSR count). The average Bonchev–Trinajstić information content (AvgIpc) is 3.04. The Kier molecular flexibility index (Phi) is 8.96. The smallest absolute Gasteiger partial charge is 0.230 e. The number of aromatic amines is 1. The van der Waals surface area contributed by atoms with Crippen molar-refractivity contribution in [2.75, 3.05) is 19.6 Å². The summed E-state index contributed by atoms with van der Waals surface area (Å²) in [5.74, 6) is 1.35. The second-order valence-electron chi connectivity index (χ2n) is 5.65. The van der Waals surface area contributed by atoms with E-state index in [1.54, 1.807) is 0 Å². The Labute approximate surface area is 144 Å². The topological polar surface area (TPSA) is 87.9 Å². The van der Waals surface area contributed by atoms with Crippen LogP contribution in [0.2, 0.25) is 0 Å². The molecule has 2 heterocycles. The first-order chi connectivity index (χ1) is 9.66. The molecule has 1 aromatic heterocycles. The van der Waals surface area contributed by atoms with E-state index in [2.05, 4.69) is 15.2 Å². The summed E-state index contributed by atoms with van der Waals surface area (Å²) < 4.78 is 0. The van der Waals surface area contributed by atoms with Crippen LogP contribution in [0, 0.1) is 5.41 Å². The van der Waals surface area contributed by atoms with E-state index >= 15 is 0 Å². The zero-order valence-electron chi connectivity index (χ0n) is 13.2. The first-order valence-electron chi connectivity index (χ1n) is 7.51. The van der Waals surface area contributed by atoms with E-state index in [0.29, 0.717) is 6.54 Å². The summed E-state index contributed by atoms with van der Waals surface area (Å²) in [6, 6.07) is 0. The number of carbonyl (C=O) groups excluding carboxylic acids is 1. The van der Waals surface area contributed by atoms with Crippen LogP contribution in [0.15, 0.2) is 6.33 Å². The number of piperidine rings is 1. The number of halogens is 2. The highest BCUT2D eigenvalue weighted by Crippen LogP contribution is 2.31. The van der Waals surface area contributed by atoms with Crippen LogP contribution in [-0.4, -0.2) is 45.6 Å². The standard InChI is InChI=1S/C14H25N5O.2ClH/c1-3-14(4-2,9-15)13(20)19-7-5-6-11(8-19)12-16-10-17-18-12;;/h10-11H,3-9,15H2,1-2H3,(H,16,17,18);2*1H. The number of nitrogens with two attached hydrogens (primary N) is 1. The predicted molar refractivity (Wildman–Crippen MR) is 91.5 cm³/mol. The number of aromatic nitrogens is 3. The van der Waals surface area contributed by atoms with Gasteiger partial charge in [-0.1, -0.05) is 13.8 Å². The highest BCUT2D eigenvalue weighted by atomic mass is 35.5. The van der Waals surface area contributed by atoms with E-state index in [1.807, 2.05) is 18.7 Å². The minimum absolute atomic E-state index is 0. The van der Waals surface area contributed by atoms with E-state index in [1.165, 1.54) is 6.33 Å². The third-order valence-corrected chi connectivity index (χ3v) is 4.73. The second-order valence-corrected chi connectivity index (χ2v) is 5.65. The molecule has 0 bridgehead atoms. The van der Waals surface area contributed by atoms with Crippen molar-refractivity contribution in [2.24, 2.45) is 11.1 Å². The Morgan fingerprint density at radius 1 is 1.45 bits per heavy atom. The summed E-state index contributed by atoms with van der Waals surface area (Å²) >= 11 is 0. The molecule has 8 heteroatoms. The molecular weight excluding hydrogens is 325 g/mol. The molecule has 0 saturated carbocycles. The van der Waals surface area contributed by atoms with Crippen LogP contribution in [-0.2, 0) is 4.79 Å². The van der Waals surface area contributed by atoms with E-state index in [9.17, 15) is 4.79 Å². The zero-order valence-corrected chi connectivity index (χ0v) is 14.9. The van der Waals surface area contributed by atoms with Gasteiger partial charge in [0.05, 0.1) is 5.41 Å². The zero-order chi connectivity index (χ0) is 14.6. The summed E-state index contributed by atoms with van der Waals surface area (Å²) in [7, 11) is 0. The van der Waals surface area contributed by atoms with Crippen molar-refractivity contribution in [1.82, 2.24) is 20.1 Å². The van der Waals surface area contributed by atoms with Crippen LogP contribution in [0.3, 0.4) is 0 Å². The van der Waals surface area contributed by atoms with Crippen LogP contribution in [0.5, 0.6) is 0 Å². The maximum Gasteiger partial charge on any atom is 0.230 e. The molecule has 1 aliphatic rings. The van der Waals surface area contributed by atoms with Gasteiger partial charge >= 0.3 is 0 Å². The lowest BCUT2D eigenvalue weighted by Crippen LogP contribution is -2.50. The van der Waals surface area contributed by atoms with Crippen molar-refractivity contribution in [3.05, 3.63) is 12.2 Å². The molecule has 0 spiro atoms. The molecule has 3 N–H and O–H groups in total. The number of hydrogen-bond donors (Lipinski definition) is 2. The molecular formula is C14H27Cl2N5O. The normalized spacial score (nSPS) is 18.3. The number of carbonyl (C=O) groups is 1. The third-order valence-electron chi connectivity index (χ3n) is 4.73. The summed E-state index contributed by atoms with van der Waals surface area (Å²) in [5.41, 5.74) is 5.49. The minimum atomic E-state index is -0.399. The molecule has 1 fully saturated rings. The molecule has 0 aliphatic carbocycles. The summed E-state index contributed by atoms with van der Waals surface area (Å²) in [5, 5.41) is 6.83. The number of amides is 1. The third kappa shape index (κ3) is 4.12. The Morgan fingerprint density at radius 3 is 2.64 bits per heavy atom. The van der Waals surface area contributed by atoms with E-state index in [-0.39, 0.29) is 36.6 Å². The Balaban J connectivity index is 0.00000220. The molecule has 22 heavy (non-hydrogen) atoms. The Hall–Kier alpha value is -0.850. The maximum atomic E-state index is 12.8. The van der Waals surface area contributed by atoms with Crippen molar-refractivity contribution in [1.29, 1.82) is 0 Å². The van der Waals surface area contributed by atoms with Gasteiger partial charge in [-0.05, 0) is 25.7 Å². The molecule has 1 saturated heterocycles. The van der Waals surface area contributed by atoms with Gasteiger partial charge in [-0.15, -0.1) is 24.8 Å². The first kappa shape index (κ1) is 21.1. The van der Waals surface area contributed by atoms with Gasteiger partial charge in [-0.25, -0.2) is 4.98 Å². The van der Waals surface area contributed by atoms with Crippen molar-refractivity contribution in [3.63, 3.8) is 0 Å². The second kappa shape index (κ2) is 9.33. The van der Waals surface area contributed by atoms with E-state index in [4.69, 9.17) is 5.73 Å². The van der Waals surface area contributed by atoms with Gasteiger partial charge in [-0.2, -0.15) is 5.10 Å². The number of rotatable bonds is 5. The average molecular weight is 352 g/mol. The lowest BCUT2D eigenvalue weighted by Gasteiger charge is -2.39. The number of nitrogens with one attached hydrogen (secondary N) is 1. The van der Waals surface area contributed by atoms with Crippen LogP contribution in [0.25, 0.3) is 0 Å². The number of H-pyrrole nitrogens is 1. The molecule has 1 atom stereocenters. The van der Waals surface area contributed by atoms with Gasteiger partial charge in [0.15, 0.2) is 0 Å². The van der Waals surface area contributed by atoms with Crippen molar-refractivity contribution < 1.29 is 4.79 Å². The van der Waals surface area contributed by atoms with Crippen LogP contribution in [0.4, 0.5) is 0 Å². The van der Waals surface area contributed by atoms with Crippen molar-refractivity contribution in [2.45, 2.75) is 45.4 Å². The lowest BCUT2D eigenvalue weighted by atomic mass is 9.80. The molecule has 128 valence electrons. The Morgan fingerprint density at radius 2 is 2.14 bits per heavy atom. The van der Waals surface area contributed by atoms with Crippen molar-refractivity contribution in [3.8, 4) is 0 Å². The quantitative estimate of drug-likeness (QED) is 0.850. The van der Waals surface area contributed by atoms with Crippen LogP contribution < -0.4 is 5.73 Å². The number of nitrogens with zero attached hydrogens (tertiary/aromatic N) is 3. The molecule has 6 nitrogen and oxygen atoms in total. The largest absolute Gasteiger partial charge is 0.341 e. The van der Waals surface area contributed by atoms with Gasteiger partial charge < -0.3 is 10.6 Å². The molecule has 1 aliphatic heterocycles. The summed E-state index contributed by atoms with van der Waals surface area (Å²) in [6.45, 7) is 6.06. The minimum Gasteiger partial charge on any atom is -0.341 e. The van der Waals surface area contributed by atoms with Gasteiger partial charge in [0.1, 0.15) is 12.2 Å². The lowest BCUT2D eigenvalue weighted by molar-refractivity contribution is -0.143. The fourth-order valence-corrected chi connectivity index (χ4v) is 3.06. The summed E-state index contributed by atoms with van der Waals surface area (Å²) in [4.78, 5) is 19.0. The van der Waals surface area contributed by atoms with Crippen LogP contribution >= 0.6 is 24.8 Å².